The molecule has 104 valence electrons. The number of carbonyl (C=O) groups is 1. The quantitative estimate of drug-likeness (QED) is 0.492. The average Bonchev–Trinajstić information content (AvgIpc) is 2.35. The molecule has 0 bridgehead atoms. The van der Waals surface area contributed by atoms with Crippen LogP contribution >= 0.6 is 11.8 Å². The summed E-state index contributed by atoms with van der Waals surface area (Å²) in [5, 5.41) is 19.6. The van der Waals surface area contributed by atoms with Gasteiger partial charge in [-0.3, -0.25) is 14.9 Å². The van der Waals surface area contributed by atoms with Gasteiger partial charge in [0, 0.05) is 11.8 Å². The highest BCUT2D eigenvalue weighted by Gasteiger charge is 2.21. The fourth-order valence-corrected chi connectivity index (χ4v) is 2.27. The molecule has 0 radical (unpaired) electrons. The van der Waals surface area contributed by atoms with E-state index >= 15 is 0 Å². The Labute approximate surface area is 112 Å². The number of rotatable bonds is 6. The van der Waals surface area contributed by atoms with Crippen LogP contribution in [0.1, 0.15) is 6.92 Å². The Balaban J connectivity index is 3.03. The molecule has 0 aromatic heterocycles. The number of ether oxygens (including phenoxy) is 1. The zero-order valence-corrected chi connectivity index (χ0v) is 11.1. The van der Waals surface area contributed by atoms with Crippen molar-refractivity contribution in [1.82, 2.24) is 0 Å². The van der Waals surface area contributed by atoms with E-state index < -0.39 is 28.3 Å². The van der Waals surface area contributed by atoms with Gasteiger partial charge < -0.3 is 9.84 Å². The van der Waals surface area contributed by atoms with Crippen LogP contribution in [-0.2, 0) is 4.79 Å². The molecule has 1 unspecified atom stereocenters. The summed E-state index contributed by atoms with van der Waals surface area (Å²) < 4.78 is 18.1. The van der Waals surface area contributed by atoms with Gasteiger partial charge in [0.25, 0.3) is 5.69 Å². The monoisotopic (exact) mass is 289 g/mol. The number of nitrogens with zero attached hydrogens (tertiary/aromatic N) is 1. The van der Waals surface area contributed by atoms with E-state index in [0.717, 1.165) is 17.8 Å². The second-order valence-corrected chi connectivity index (χ2v) is 4.82. The van der Waals surface area contributed by atoms with Crippen molar-refractivity contribution in [3.8, 4) is 5.75 Å². The summed E-state index contributed by atoms with van der Waals surface area (Å²) >= 11 is 0.981. The van der Waals surface area contributed by atoms with E-state index in [0.29, 0.717) is 0 Å². The number of nitro groups is 1. The number of nitro benzene ring substituents is 1. The van der Waals surface area contributed by atoms with E-state index in [1.807, 2.05) is 0 Å². The van der Waals surface area contributed by atoms with Crippen LogP contribution in [0.5, 0.6) is 5.75 Å². The summed E-state index contributed by atoms with van der Waals surface area (Å²) in [6, 6.07) is 1.97. The Bertz CT molecular complexity index is 508. The molecule has 0 spiro atoms. The fourth-order valence-electron chi connectivity index (χ4n) is 1.23. The maximum absolute atomic E-state index is 13.4. The maximum Gasteiger partial charge on any atom is 0.307 e. The lowest BCUT2D eigenvalue weighted by molar-refractivity contribution is -0.387. The summed E-state index contributed by atoms with van der Waals surface area (Å²) in [5.74, 6) is -2.46. The highest BCUT2D eigenvalue weighted by molar-refractivity contribution is 7.99. The lowest BCUT2D eigenvalue weighted by atomic mass is 10.2. The molecule has 0 aliphatic heterocycles. The first-order valence-electron chi connectivity index (χ1n) is 5.24. The summed E-state index contributed by atoms with van der Waals surface area (Å²) in [6.45, 7) is 1.49. The van der Waals surface area contributed by atoms with Crippen molar-refractivity contribution in [1.29, 1.82) is 0 Å². The van der Waals surface area contributed by atoms with Crippen LogP contribution in [0.15, 0.2) is 17.0 Å². The molecule has 1 rings (SSSR count). The van der Waals surface area contributed by atoms with Crippen molar-refractivity contribution in [3.63, 3.8) is 0 Å². The molecule has 1 atom stereocenters. The van der Waals surface area contributed by atoms with Crippen LogP contribution in [0.3, 0.4) is 0 Å². The number of methoxy groups -OCH3 is 1. The van der Waals surface area contributed by atoms with Gasteiger partial charge in [0.15, 0.2) is 11.6 Å². The minimum Gasteiger partial charge on any atom is -0.494 e. The Morgan fingerprint density at radius 2 is 2.26 bits per heavy atom. The Hall–Kier alpha value is -1.83. The molecule has 0 saturated heterocycles. The van der Waals surface area contributed by atoms with Crippen molar-refractivity contribution in [2.24, 2.45) is 5.92 Å². The molecule has 19 heavy (non-hydrogen) atoms. The van der Waals surface area contributed by atoms with E-state index in [4.69, 9.17) is 9.84 Å². The second kappa shape index (κ2) is 6.37. The standard InChI is InChI=1S/C11H12FNO5S/c1-6(11(14)15)5-19-10-4-9(18-2)7(12)3-8(10)13(16)17/h3-4,6H,5H2,1-2H3,(H,14,15). The lowest BCUT2D eigenvalue weighted by Gasteiger charge is -2.08. The third-order valence-electron chi connectivity index (χ3n) is 2.34. The molecule has 0 fully saturated rings. The SMILES string of the molecule is COc1cc(SCC(C)C(=O)O)c([N+](=O)[O-])cc1F. The number of benzene rings is 1. The number of thioether (sulfide) groups is 1. The van der Waals surface area contributed by atoms with Gasteiger partial charge in [-0.15, -0.1) is 11.8 Å². The van der Waals surface area contributed by atoms with Gasteiger partial charge in [0.2, 0.25) is 0 Å². The van der Waals surface area contributed by atoms with Crippen LogP contribution in [0.25, 0.3) is 0 Å². The zero-order chi connectivity index (χ0) is 14.6. The Morgan fingerprint density at radius 1 is 1.63 bits per heavy atom. The molecule has 0 aliphatic rings. The molecular weight excluding hydrogens is 277 g/mol. The highest BCUT2D eigenvalue weighted by atomic mass is 32.2. The molecule has 0 saturated carbocycles. The molecule has 1 N–H and O–H groups in total. The lowest BCUT2D eigenvalue weighted by Crippen LogP contribution is -2.11. The molecule has 0 heterocycles. The van der Waals surface area contributed by atoms with E-state index in [9.17, 15) is 19.3 Å². The number of carboxylic acid groups (broad SMARTS) is 1. The van der Waals surface area contributed by atoms with E-state index in [-0.39, 0.29) is 16.4 Å². The van der Waals surface area contributed by atoms with E-state index in [2.05, 4.69) is 0 Å². The van der Waals surface area contributed by atoms with Crippen LogP contribution in [0.2, 0.25) is 0 Å². The van der Waals surface area contributed by atoms with Crippen molar-refractivity contribution in [2.75, 3.05) is 12.9 Å². The molecule has 8 heteroatoms. The number of halogens is 1. The molecule has 1 aromatic carbocycles. The van der Waals surface area contributed by atoms with Gasteiger partial charge >= 0.3 is 5.97 Å². The molecule has 1 aromatic rings. The van der Waals surface area contributed by atoms with Crippen molar-refractivity contribution < 1.29 is 24.0 Å². The first kappa shape index (κ1) is 15.2. The number of hydrogen-bond donors (Lipinski definition) is 1. The fraction of sp³-hybridized carbons (Fsp3) is 0.364. The predicted molar refractivity (Wildman–Crippen MR) is 67.1 cm³/mol. The maximum atomic E-state index is 13.4. The largest absolute Gasteiger partial charge is 0.494 e. The van der Waals surface area contributed by atoms with Gasteiger partial charge in [-0.1, -0.05) is 6.92 Å². The van der Waals surface area contributed by atoms with Crippen molar-refractivity contribution in [2.45, 2.75) is 11.8 Å². The van der Waals surface area contributed by atoms with Crippen LogP contribution < -0.4 is 4.74 Å². The molecular formula is C11H12FNO5S. The normalized spacial score (nSPS) is 11.9. The van der Waals surface area contributed by atoms with Crippen molar-refractivity contribution >= 4 is 23.4 Å². The van der Waals surface area contributed by atoms with Gasteiger partial charge in [-0.2, -0.15) is 0 Å². The van der Waals surface area contributed by atoms with Crippen LogP contribution in [-0.4, -0.2) is 28.9 Å². The van der Waals surface area contributed by atoms with E-state index in [1.54, 1.807) is 0 Å². The summed E-state index contributed by atoms with van der Waals surface area (Å²) in [4.78, 5) is 21.0. The summed E-state index contributed by atoms with van der Waals surface area (Å²) in [5.41, 5.74) is -0.402. The van der Waals surface area contributed by atoms with E-state index in [1.165, 1.54) is 20.1 Å². The van der Waals surface area contributed by atoms with Gasteiger partial charge in [0.1, 0.15) is 0 Å². The minimum absolute atomic E-state index is 0.115. The summed E-state index contributed by atoms with van der Waals surface area (Å²) in [6.07, 6.45) is 0. The smallest absolute Gasteiger partial charge is 0.307 e. The zero-order valence-electron chi connectivity index (χ0n) is 10.3. The van der Waals surface area contributed by atoms with Crippen LogP contribution in [0.4, 0.5) is 10.1 Å². The second-order valence-electron chi connectivity index (χ2n) is 3.76. The molecule has 6 nitrogen and oxygen atoms in total. The Morgan fingerprint density at radius 3 is 2.74 bits per heavy atom. The molecule has 0 amide bonds. The first-order chi connectivity index (χ1) is 8.86. The Kier molecular flexibility index (Phi) is 5.11. The summed E-state index contributed by atoms with van der Waals surface area (Å²) in [7, 11) is 1.25. The molecule has 0 aliphatic carbocycles. The van der Waals surface area contributed by atoms with Gasteiger partial charge in [-0.25, -0.2) is 4.39 Å². The average molecular weight is 289 g/mol. The topological polar surface area (TPSA) is 89.7 Å². The number of aliphatic carboxylic acids is 1. The minimum atomic E-state index is -0.996. The third kappa shape index (κ3) is 3.82. The van der Waals surface area contributed by atoms with Gasteiger partial charge in [0.05, 0.1) is 28.9 Å². The van der Waals surface area contributed by atoms with Gasteiger partial charge in [-0.05, 0) is 0 Å². The van der Waals surface area contributed by atoms with Crippen LogP contribution in [0, 0.1) is 21.8 Å². The first-order valence-corrected chi connectivity index (χ1v) is 6.23. The third-order valence-corrected chi connectivity index (χ3v) is 3.65. The predicted octanol–water partition coefficient (Wildman–Crippen LogP) is 2.56. The highest BCUT2D eigenvalue weighted by Crippen LogP contribution is 2.35. The van der Waals surface area contributed by atoms with Crippen molar-refractivity contribution in [3.05, 3.63) is 28.1 Å². The number of carboxylic acids is 1. The number of hydrogen-bond acceptors (Lipinski definition) is 5.